The number of rotatable bonds is 10. The first-order chi connectivity index (χ1) is 10.2. The van der Waals surface area contributed by atoms with Gasteiger partial charge in [-0.2, -0.15) is 0 Å². The lowest BCUT2D eigenvalue weighted by Crippen LogP contribution is -2.43. The zero-order valence-electron chi connectivity index (χ0n) is 14.2. The summed E-state index contributed by atoms with van der Waals surface area (Å²) >= 11 is 0. The topological polar surface area (TPSA) is 76.7 Å². The van der Waals surface area contributed by atoms with Crippen LogP contribution in [0.1, 0.15) is 47.5 Å². The van der Waals surface area contributed by atoms with E-state index in [0.717, 1.165) is 0 Å². The molecule has 6 nitrogen and oxygen atoms in total. The molecule has 2 N–H and O–H groups in total. The fourth-order valence-corrected chi connectivity index (χ4v) is 1.50. The monoisotopic (exact) mass is 312 g/mol. The largest absolute Gasteiger partial charge is 0.330 e. The van der Waals surface area contributed by atoms with E-state index in [2.05, 4.69) is 23.8 Å². The van der Waals surface area contributed by atoms with Crippen LogP contribution in [0.25, 0.3) is 0 Å². The lowest BCUT2D eigenvalue weighted by molar-refractivity contribution is -0.197. The van der Waals surface area contributed by atoms with Gasteiger partial charge in [-0.3, -0.25) is 9.59 Å². The second-order valence-corrected chi connectivity index (χ2v) is 5.14. The van der Waals surface area contributed by atoms with Crippen LogP contribution in [-0.2, 0) is 19.1 Å². The predicted molar refractivity (Wildman–Crippen MR) is 85.7 cm³/mol. The minimum atomic E-state index is -0.592. The fraction of sp³-hybridized carbons (Fsp3) is 0.625. The summed E-state index contributed by atoms with van der Waals surface area (Å²) in [5.41, 5.74) is 0.826. The van der Waals surface area contributed by atoms with Gasteiger partial charge in [-0.05, 0) is 33.6 Å². The molecule has 0 heterocycles. The summed E-state index contributed by atoms with van der Waals surface area (Å²) < 4.78 is 11.3. The van der Waals surface area contributed by atoms with E-state index in [4.69, 9.17) is 9.47 Å². The number of carbonyl (C=O) groups is 2. The molecule has 0 aliphatic carbocycles. The SMILES string of the molecule is C=C(C)C(=O)NC(CC)OC(C)OC(CC)NC(=O)C(=C)C. The van der Waals surface area contributed by atoms with Crippen molar-refractivity contribution in [2.24, 2.45) is 0 Å². The summed E-state index contributed by atoms with van der Waals surface area (Å²) in [6.07, 6.45) is -0.378. The number of amides is 2. The van der Waals surface area contributed by atoms with Crippen LogP contribution < -0.4 is 10.6 Å². The van der Waals surface area contributed by atoms with Gasteiger partial charge in [0.2, 0.25) is 11.8 Å². The van der Waals surface area contributed by atoms with Gasteiger partial charge in [0.25, 0.3) is 0 Å². The number of hydrogen-bond donors (Lipinski definition) is 2. The molecule has 0 radical (unpaired) electrons. The highest BCUT2D eigenvalue weighted by molar-refractivity contribution is 5.92. The normalized spacial score (nSPS) is 14.6. The van der Waals surface area contributed by atoms with E-state index >= 15 is 0 Å². The molecule has 0 aromatic rings. The number of ether oxygens (including phenoxy) is 2. The van der Waals surface area contributed by atoms with E-state index in [0.29, 0.717) is 24.0 Å². The van der Waals surface area contributed by atoms with Crippen molar-refractivity contribution in [3.05, 3.63) is 24.3 Å². The minimum Gasteiger partial charge on any atom is -0.330 e. The van der Waals surface area contributed by atoms with Crippen molar-refractivity contribution in [3.8, 4) is 0 Å². The molecule has 0 aliphatic rings. The standard InChI is InChI=1S/C16H28N2O4/c1-8-13(17-15(19)10(3)4)21-12(7)22-14(9-2)18-16(20)11(5)6/h12-14H,3,5,8-9H2,1-2,4,6-7H3,(H,17,19)(H,18,20). The average molecular weight is 312 g/mol. The Balaban J connectivity index is 4.45. The maximum Gasteiger partial charge on any atom is 0.248 e. The van der Waals surface area contributed by atoms with Crippen LogP contribution in [0.5, 0.6) is 0 Å². The number of hydrogen-bond acceptors (Lipinski definition) is 4. The molecule has 0 saturated heterocycles. The third-order valence-corrected chi connectivity index (χ3v) is 2.81. The second kappa shape index (κ2) is 10.1. The Morgan fingerprint density at radius 3 is 1.45 bits per heavy atom. The minimum absolute atomic E-state index is 0.262. The summed E-state index contributed by atoms with van der Waals surface area (Å²) in [4.78, 5) is 23.2. The van der Waals surface area contributed by atoms with Crippen molar-refractivity contribution in [3.63, 3.8) is 0 Å². The molecule has 0 rings (SSSR count). The molecule has 0 fully saturated rings. The number of nitrogens with one attached hydrogen (secondary N) is 2. The molecule has 0 bridgehead atoms. The van der Waals surface area contributed by atoms with E-state index in [1.54, 1.807) is 20.8 Å². The first-order valence-electron chi connectivity index (χ1n) is 7.44. The molecule has 0 aromatic heterocycles. The van der Waals surface area contributed by atoms with Gasteiger partial charge in [-0.1, -0.05) is 27.0 Å². The molecule has 6 heteroatoms. The maximum atomic E-state index is 11.6. The Hall–Kier alpha value is -1.66. The molecular formula is C16H28N2O4. The van der Waals surface area contributed by atoms with Crippen molar-refractivity contribution >= 4 is 11.8 Å². The van der Waals surface area contributed by atoms with Crippen LogP contribution in [0.2, 0.25) is 0 Å². The molecule has 0 aliphatic heterocycles. The van der Waals surface area contributed by atoms with Gasteiger partial charge >= 0.3 is 0 Å². The summed E-state index contributed by atoms with van der Waals surface area (Å²) in [6.45, 7) is 15.9. The molecule has 126 valence electrons. The molecule has 2 atom stereocenters. The second-order valence-electron chi connectivity index (χ2n) is 5.14. The quantitative estimate of drug-likeness (QED) is 0.479. The molecule has 0 aromatic carbocycles. The summed E-state index contributed by atoms with van der Waals surface area (Å²) in [6, 6.07) is 0. The van der Waals surface area contributed by atoms with Crippen LogP contribution >= 0.6 is 0 Å². The lowest BCUT2D eigenvalue weighted by atomic mass is 10.3. The van der Waals surface area contributed by atoms with Crippen molar-refractivity contribution < 1.29 is 19.1 Å². The Morgan fingerprint density at radius 2 is 1.23 bits per heavy atom. The van der Waals surface area contributed by atoms with Crippen LogP contribution in [0.15, 0.2) is 24.3 Å². The lowest BCUT2D eigenvalue weighted by Gasteiger charge is -2.26. The van der Waals surface area contributed by atoms with Gasteiger partial charge in [0.15, 0.2) is 6.29 Å². The van der Waals surface area contributed by atoms with E-state index < -0.39 is 18.7 Å². The molecule has 22 heavy (non-hydrogen) atoms. The van der Waals surface area contributed by atoms with Crippen molar-refractivity contribution in [2.75, 3.05) is 0 Å². The molecule has 0 spiro atoms. The maximum absolute atomic E-state index is 11.6. The van der Waals surface area contributed by atoms with E-state index in [9.17, 15) is 9.59 Å². The molecule has 2 unspecified atom stereocenters. The van der Waals surface area contributed by atoms with Crippen LogP contribution in [0, 0.1) is 0 Å². The van der Waals surface area contributed by atoms with Gasteiger partial charge in [0.1, 0.15) is 12.5 Å². The van der Waals surface area contributed by atoms with Crippen LogP contribution in [-0.4, -0.2) is 30.6 Å². The fourth-order valence-electron chi connectivity index (χ4n) is 1.50. The average Bonchev–Trinajstić information content (AvgIpc) is 2.44. The molecule has 0 saturated carbocycles. The van der Waals surface area contributed by atoms with E-state index in [1.807, 2.05) is 13.8 Å². The highest BCUT2D eigenvalue weighted by Gasteiger charge is 2.19. The Kier molecular flexibility index (Phi) is 9.37. The summed E-state index contributed by atoms with van der Waals surface area (Å²) in [5, 5.41) is 5.41. The molecule has 2 amide bonds. The van der Waals surface area contributed by atoms with Crippen molar-refractivity contribution in [1.29, 1.82) is 0 Å². The van der Waals surface area contributed by atoms with Crippen molar-refractivity contribution in [2.45, 2.75) is 66.2 Å². The predicted octanol–water partition coefficient (Wildman–Crippen LogP) is 2.22. The van der Waals surface area contributed by atoms with Crippen LogP contribution in [0.4, 0.5) is 0 Å². The Morgan fingerprint density at radius 1 is 0.909 bits per heavy atom. The summed E-state index contributed by atoms with van der Waals surface area (Å²) in [7, 11) is 0. The van der Waals surface area contributed by atoms with Crippen molar-refractivity contribution in [1.82, 2.24) is 10.6 Å². The van der Waals surface area contributed by atoms with Gasteiger partial charge in [-0.25, -0.2) is 0 Å². The van der Waals surface area contributed by atoms with Gasteiger partial charge in [0, 0.05) is 11.1 Å². The van der Waals surface area contributed by atoms with Crippen LogP contribution in [0.3, 0.4) is 0 Å². The van der Waals surface area contributed by atoms with E-state index in [-0.39, 0.29) is 11.8 Å². The van der Waals surface area contributed by atoms with Gasteiger partial charge in [0.05, 0.1) is 0 Å². The van der Waals surface area contributed by atoms with E-state index in [1.165, 1.54) is 0 Å². The highest BCUT2D eigenvalue weighted by Crippen LogP contribution is 2.07. The third kappa shape index (κ3) is 7.95. The Bertz CT molecular complexity index is 382. The molecular weight excluding hydrogens is 284 g/mol. The number of carbonyl (C=O) groups excluding carboxylic acids is 2. The third-order valence-electron chi connectivity index (χ3n) is 2.81. The van der Waals surface area contributed by atoms with Gasteiger partial charge < -0.3 is 20.1 Å². The highest BCUT2D eigenvalue weighted by atomic mass is 16.7. The Labute approximate surface area is 132 Å². The first kappa shape index (κ1) is 20.3. The smallest absolute Gasteiger partial charge is 0.248 e. The summed E-state index contributed by atoms with van der Waals surface area (Å²) in [5.74, 6) is -0.525. The van der Waals surface area contributed by atoms with Gasteiger partial charge in [-0.15, -0.1) is 0 Å². The first-order valence-corrected chi connectivity index (χ1v) is 7.44. The zero-order chi connectivity index (χ0) is 17.3. The zero-order valence-corrected chi connectivity index (χ0v) is 14.2.